The number of para-hydroxylation sites is 3. The van der Waals surface area contributed by atoms with Crippen LogP contribution < -0.4 is 11.2 Å². The maximum Gasteiger partial charge on any atom is 0.329 e. The Morgan fingerprint density at radius 2 is 1.58 bits per heavy atom. The first-order chi connectivity index (χ1) is 18.3. The fourth-order valence-corrected chi connectivity index (χ4v) is 5.50. The molecule has 1 saturated heterocycles. The van der Waals surface area contributed by atoms with Gasteiger partial charge < -0.3 is 14.4 Å². The molecule has 9 nitrogen and oxygen atoms in total. The van der Waals surface area contributed by atoms with Crippen molar-refractivity contribution in [1.29, 1.82) is 0 Å². The van der Waals surface area contributed by atoms with E-state index in [-0.39, 0.29) is 29.9 Å². The van der Waals surface area contributed by atoms with E-state index in [1.165, 1.54) is 0 Å². The molecule has 0 unspecified atom stereocenters. The summed E-state index contributed by atoms with van der Waals surface area (Å²) >= 11 is 0. The number of rotatable bonds is 6. The smallest absolute Gasteiger partial charge is 0.329 e. The molecule has 0 N–H and O–H groups in total. The Bertz CT molecular complexity index is 1590. The van der Waals surface area contributed by atoms with Crippen molar-refractivity contribution in [3.63, 3.8) is 0 Å². The number of aromatic nitrogens is 4. The lowest BCUT2D eigenvalue weighted by atomic mass is 10.0. The summed E-state index contributed by atoms with van der Waals surface area (Å²) in [6, 6.07) is 15.4. The van der Waals surface area contributed by atoms with Crippen LogP contribution in [0, 0.1) is 5.92 Å². The summed E-state index contributed by atoms with van der Waals surface area (Å²) in [6.07, 6.45) is 2.35. The van der Waals surface area contributed by atoms with Crippen molar-refractivity contribution in [2.45, 2.75) is 52.2 Å². The second kappa shape index (κ2) is 10.5. The molecule has 5 rings (SSSR count). The first-order valence-corrected chi connectivity index (χ1v) is 13.4. The first-order valence-electron chi connectivity index (χ1n) is 13.4. The number of nitrogens with zero attached hydrogens (tertiary/aromatic N) is 6. The number of piperidine rings is 1. The van der Waals surface area contributed by atoms with E-state index < -0.39 is 0 Å². The molecular weight excluding hydrogens is 480 g/mol. The summed E-state index contributed by atoms with van der Waals surface area (Å²) < 4.78 is 5.72. The van der Waals surface area contributed by atoms with Crippen molar-refractivity contribution >= 4 is 28.0 Å². The number of hydrogen-bond donors (Lipinski definition) is 0. The summed E-state index contributed by atoms with van der Waals surface area (Å²) in [5.41, 5.74) is 2.15. The van der Waals surface area contributed by atoms with Crippen LogP contribution in [-0.4, -0.2) is 61.7 Å². The van der Waals surface area contributed by atoms with Crippen molar-refractivity contribution in [3.8, 4) is 0 Å². The molecule has 38 heavy (non-hydrogen) atoms. The number of amides is 2. The van der Waals surface area contributed by atoms with Crippen molar-refractivity contribution < 1.29 is 4.79 Å². The van der Waals surface area contributed by atoms with Crippen molar-refractivity contribution in [2.24, 2.45) is 5.92 Å². The van der Waals surface area contributed by atoms with Crippen LogP contribution >= 0.6 is 0 Å². The summed E-state index contributed by atoms with van der Waals surface area (Å²) in [4.78, 5) is 47.3. The van der Waals surface area contributed by atoms with E-state index in [1.807, 2.05) is 58.0 Å². The highest BCUT2D eigenvalue weighted by molar-refractivity contribution is 5.79. The van der Waals surface area contributed by atoms with E-state index in [1.54, 1.807) is 23.6 Å². The number of carbonyl (C=O) groups excluding carboxylic acids is 1. The minimum Gasteiger partial charge on any atom is -0.331 e. The Hall–Kier alpha value is -3.88. The highest BCUT2D eigenvalue weighted by Crippen LogP contribution is 2.27. The fraction of sp³-hybridized carbons (Fsp3) is 0.448. The van der Waals surface area contributed by atoms with Crippen LogP contribution in [0.15, 0.2) is 58.1 Å². The van der Waals surface area contributed by atoms with Gasteiger partial charge in [-0.05, 0) is 49.4 Å². The molecule has 0 atom stereocenters. The maximum absolute atomic E-state index is 14.0. The normalized spacial score (nSPS) is 14.6. The standard InChI is InChI=1S/C29H36N6O3/c1-20(2)13-18-33-23-10-6-5-9-22(23)27(36)30-26(33)19-34-24-11-7-8-12-25(24)35(29(34)38)21-14-16-32(17-15-21)28(37)31(3)4/h5-12,20-21H,13-19H2,1-4H3. The molecule has 2 aromatic carbocycles. The number of carbonyl (C=O) groups is 1. The zero-order valence-corrected chi connectivity index (χ0v) is 22.6. The molecule has 3 heterocycles. The Balaban J connectivity index is 1.56. The largest absolute Gasteiger partial charge is 0.331 e. The number of urea groups is 1. The van der Waals surface area contributed by atoms with Gasteiger partial charge in [-0.15, -0.1) is 0 Å². The van der Waals surface area contributed by atoms with Crippen molar-refractivity contribution in [2.75, 3.05) is 27.2 Å². The number of hydrogen-bond acceptors (Lipinski definition) is 4. The summed E-state index contributed by atoms with van der Waals surface area (Å²) in [5.74, 6) is 1.07. The molecule has 2 aromatic heterocycles. The third-order valence-corrected chi connectivity index (χ3v) is 7.55. The third-order valence-electron chi connectivity index (χ3n) is 7.55. The van der Waals surface area contributed by atoms with Crippen LogP contribution in [0.1, 0.15) is 45.0 Å². The number of benzene rings is 2. The summed E-state index contributed by atoms with van der Waals surface area (Å²) in [7, 11) is 3.52. The van der Waals surface area contributed by atoms with Crippen molar-refractivity contribution in [1.82, 2.24) is 28.5 Å². The van der Waals surface area contributed by atoms with E-state index in [2.05, 4.69) is 23.4 Å². The average molecular weight is 517 g/mol. The maximum atomic E-state index is 14.0. The Labute approximate surface area is 221 Å². The van der Waals surface area contributed by atoms with Gasteiger partial charge in [0.05, 0.1) is 28.5 Å². The molecule has 1 aliphatic heterocycles. The summed E-state index contributed by atoms with van der Waals surface area (Å²) in [5, 5.41) is 0.591. The van der Waals surface area contributed by atoms with Gasteiger partial charge in [-0.25, -0.2) is 9.59 Å². The van der Waals surface area contributed by atoms with E-state index >= 15 is 0 Å². The Morgan fingerprint density at radius 3 is 2.24 bits per heavy atom. The molecule has 2 amide bonds. The number of imidazole rings is 1. The SMILES string of the molecule is CC(C)CCn1c(Cn2c(=O)n(C3CCN(C(=O)N(C)C)CC3)c3ccccc32)nc(=O)c2ccccc21. The van der Waals surface area contributed by atoms with Gasteiger partial charge >= 0.3 is 11.7 Å². The molecule has 0 bridgehead atoms. The Kier molecular flexibility index (Phi) is 7.10. The van der Waals surface area contributed by atoms with Crippen LogP contribution in [0.2, 0.25) is 0 Å². The molecule has 0 saturated carbocycles. The number of aryl methyl sites for hydroxylation is 1. The topological polar surface area (TPSA) is 85.4 Å². The molecule has 9 heteroatoms. The molecule has 4 aromatic rings. The number of fused-ring (bicyclic) bond motifs is 2. The van der Waals surface area contributed by atoms with Gasteiger partial charge in [0.1, 0.15) is 5.82 Å². The lowest BCUT2D eigenvalue weighted by Gasteiger charge is -2.34. The quantitative estimate of drug-likeness (QED) is 0.389. The molecule has 0 radical (unpaired) electrons. The lowest BCUT2D eigenvalue weighted by Crippen LogP contribution is -2.45. The van der Waals surface area contributed by atoms with E-state index in [9.17, 15) is 14.4 Å². The van der Waals surface area contributed by atoms with Crippen LogP contribution in [0.4, 0.5) is 4.79 Å². The predicted octanol–water partition coefficient (Wildman–Crippen LogP) is 3.93. The average Bonchev–Trinajstić information content (AvgIpc) is 3.19. The van der Waals surface area contributed by atoms with E-state index in [0.717, 1.165) is 23.0 Å². The predicted molar refractivity (Wildman–Crippen MR) is 150 cm³/mol. The fourth-order valence-electron chi connectivity index (χ4n) is 5.50. The summed E-state index contributed by atoms with van der Waals surface area (Å²) in [6.45, 7) is 6.49. The Morgan fingerprint density at radius 1 is 0.947 bits per heavy atom. The molecule has 0 aliphatic carbocycles. The lowest BCUT2D eigenvalue weighted by molar-refractivity contribution is 0.148. The molecule has 200 valence electrons. The van der Waals surface area contributed by atoms with Gasteiger partial charge in [0.15, 0.2) is 0 Å². The van der Waals surface area contributed by atoms with Crippen LogP contribution in [0.25, 0.3) is 21.9 Å². The number of likely N-dealkylation sites (tertiary alicyclic amines) is 1. The monoisotopic (exact) mass is 516 g/mol. The van der Waals surface area contributed by atoms with Gasteiger partial charge in [0, 0.05) is 39.8 Å². The minimum atomic E-state index is -0.272. The van der Waals surface area contributed by atoms with Crippen LogP contribution in [-0.2, 0) is 13.1 Å². The van der Waals surface area contributed by atoms with Crippen LogP contribution in [0.5, 0.6) is 0 Å². The molecule has 0 spiro atoms. The van der Waals surface area contributed by atoms with E-state index in [4.69, 9.17) is 0 Å². The van der Waals surface area contributed by atoms with Gasteiger partial charge in [0.25, 0.3) is 5.56 Å². The van der Waals surface area contributed by atoms with Crippen molar-refractivity contribution in [3.05, 3.63) is 75.2 Å². The van der Waals surface area contributed by atoms with Gasteiger partial charge in [-0.1, -0.05) is 38.1 Å². The van der Waals surface area contributed by atoms with Gasteiger partial charge in [-0.2, -0.15) is 4.98 Å². The first kappa shape index (κ1) is 25.8. The highest BCUT2D eigenvalue weighted by atomic mass is 16.2. The van der Waals surface area contributed by atoms with Crippen LogP contribution in [0.3, 0.4) is 0 Å². The molecule has 1 aliphatic rings. The highest BCUT2D eigenvalue weighted by Gasteiger charge is 2.28. The minimum absolute atomic E-state index is 0.0000253. The van der Waals surface area contributed by atoms with Gasteiger partial charge in [-0.3, -0.25) is 13.9 Å². The molecular formula is C29H36N6O3. The zero-order chi connectivity index (χ0) is 27.0. The third kappa shape index (κ3) is 4.73. The van der Waals surface area contributed by atoms with Gasteiger partial charge in [0.2, 0.25) is 0 Å². The zero-order valence-electron chi connectivity index (χ0n) is 22.6. The molecule has 1 fully saturated rings. The van der Waals surface area contributed by atoms with E-state index in [0.29, 0.717) is 49.6 Å². The second-order valence-corrected chi connectivity index (χ2v) is 10.8. The second-order valence-electron chi connectivity index (χ2n) is 10.8.